The summed E-state index contributed by atoms with van der Waals surface area (Å²) in [5.74, 6) is -4.49. The lowest BCUT2D eigenvalue weighted by Gasteiger charge is -2.30. The minimum absolute atomic E-state index is 0.459. The molecule has 24 heavy (non-hydrogen) atoms. The first kappa shape index (κ1) is 24.1. The largest absolute Gasteiger partial charge is 0.394 e. The van der Waals surface area contributed by atoms with Crippen LogP contribution in [0.25, 0.3) is 0 Å². The number of nitrogens with two attached hydrogens (primary N) is 1. The molecule has 5 unspecified atom stereocenters. The van der Waals surface area contributed by atoms with Crippen molar-refractivity contribution in [3.05, 3.63) is 0 Å². The maximum atomic E-state index is 12.0. The van der Waals surface area contributed by atoms with E-state index in [4.69, 9.17) is 30.5 Å². The van der Waals surface area contributed by atoms with E-state index in [9.17, 15) is 24.2 Å². The zero-order valence-corrected chi connectivity index (χ0v) is 15.0. The van der Waals surface area contributed by atoms with Gasteiger partial charge >= 0.3 is 15.2 Å². The molecular weight excluding hydrogens is 372 g/mol. The van der Waals surface area contributed by atoms with Crippen LogP contribution in [0.3, 0.4) is 0 Å². The molecule has 0 aliphatic rings. The third-order valence-corrected chi connectivity index (χ3v) is 5.93. The highest BCUT2D eigenvalue weighted by Gasteiger charge is 2.42. The predicted molar refractivity (Wildman–Crippen MR) is 80.9 cm³/mol. The number of aliphatic hydroxyl groups is 4. The molecule has 0 aromatic rings. The van der Waals surface area contributed by atoms with Gasteiger partial charge in [-0.15, -0.1) is 0 Å². The number of hydrogen-bond acceptors (Lipinski definition) is 9. The standard InChI is InChI=1S/C10H25NO11P2/c1-6(21-5-10(11,3-12)4-13)9(15)24(19,20)22-7(2)8(14)23(16,17)18/h6-9,12-15H,3-5,11H2,1-2H3,(H,19,20)(H2,16,17,18). The topological polar surface area (TPSA) is 220 Å². The molecule has 0 saturated heterocycles. The summed E-state index contributed by atoms with van der Waals surface area (Å²) in [7, 11) is -9.84. The molecule has 0 saturated carbocycles. The number of ether oxygens (including phenoxy) is 1. The van der Waals surface area contributed by atoms with Crippen molar-refractivity contribution in [2.75, 3.05) is 19.8 Å². The van der Waals surface area contributed by atoms with E-state index in [-0.39, 0.29) is 0 Å². The second kappa shape index (κ2) is 9.13. The Labute approximate surface area is 138 Å². The van der Waals surface area contributed by atoms with E-state index in [0.29, 0.717) is 0 Å². The van der Waals surface area contributed by atoms with Gasteiger partial charge in [-0.2, -0.15) is 0 Å². The normalized spacial score (nSPS) is 20.9. The fraction of sp³-hybridized carbons (Fsp3) is 1.00. The van der Waals surface area contributed by atoms with Crippen LogP contribution in [0.4, 0.5) is 0 Å². The van der Waals surface area contributed by atoms with Crippen LogP contribution in [0.5, 0.6) is 0 Å². The highest BCUT2D eigenvalue weighted by atomic mass is 31.2. The Morgan fingerprint density at radius 1 is 1.00 bits per heavy atom. The van der Waals surface area contributed by atoms with Crippen molar-refractivity contribution < 1.29 is 53.5 Å². The fourth-order valence-corrected chi connectivity index (χ4v) is 3.46. The van der Waals surface area contributed by atoms with Crippen LogP contribution >= 0.6 is 15.2 Å². The molecular formula is C10H25NO11P2. The van der Waals surface area contributed by atoms with Gasteiger partial charge in [0.15, 0.2) is 11.7 Å². The quantitative estimate of drug-likeness (QED) is 0.169. The van der Waals surface area contributed by atoms with Gasteiger partial charge in [0.05, 0.1) is 31.5 Å². The maximum absolute atomic E-state index is 12.0. The molecule has 0 aliphatic carbocycles. The van der Waals surface area contributed by atoms with Crippen LogP contribution in [0.15, 0.2) is 0 Å². The second-order valence-electron chi connectivity index (χ2n) is 5.49. The van der Waals surface area contributed by atoms with E-state index in [2.05, 4.69) is 4.52 Å². The van der Waals surface area contributed by atoms with Gasteiger partial charge in [-0.1, -0.05) is 0 Å². The van der Waals surface area contributed by atoms with Crippen LogP contribution in [0, 0.1) is 0 Å². The van der Waals surface area contributed by atoms with Crippen molar-refractivity contribution in [1.29, 1.82) is 0 Å². The van der Waals surface area contributed by atoms with E-state index in [1.54, 1.807) is 0 Å². The van der Waals surface area contributed by atoms with E-state index in [1.165, 1.54) is 6.92 Å². The van der Waals surface area contributed by atoms with Crippen LogP contribution in [-0.2, 0) is 18.4 Å². The third-order valence-electron chi connectivity index (χ3n) is 3.10. The zero-order chi connectivity index (χ0) is 19.3. The molecule has 5 atom stereocenters. The summed E-state index contributed by atoms with van der Waals surface area (Å²) < 4.78 is 32.4. The molecule has 9 N–H and O–H groups in total. The molecule has 0 spiro atoms. The Kier molecular flexibility index (Phi) is 9.15. The SMILES string of the molecule is CC(OP(=O)(O)C(O)C(C)OCC(N)(CO)CO)C(O)P(=O)(O)O. The molecule has 0 aliphatic heterocycles. The molecule has 12 nitrogen and oxygen atoms in total. The van der Waals surface area contributed by atoms with Crippen molar-refractivity contribution in [2.45, 2.75) is 43.3 Å². The summed E-state index contributed by atoms with van der Waals surface area (Å²) in [4.78, 5) is 27.3. The first-order valence-corrected chi connectivity index (χ1v) is 10.1. The summed E-state index contributed by atoms with van der Waals surface area (Å²) in [6, 6.07) is 0. The van der Waals surface area contributed by atoms with Gasteiger partial charge in [-0.05, 0) is 13.8 Å². The van der Waals surface area contributed by atoms with Crippen molar-refractivity contribution in [3.63, 3.8) is 0 Å². The average molecular weight is 397 g/mol. The Morgan fingerprint density at radius 3 is 1.83 bits per heavy atom. The summed E-state index contributed by atoms with van der Waals surface area (Å²) in [5, 5.41) is 37.1. The van der Waals surface area contributed by atoms with Crippen molar-refractivity contribution in [1.82, 2.24) is 0 Å². The third kappa shape index (κ3) is 7.12. The zero-order valence-electron chi connectivity index (χ0n) is 13.2. The Bertz CT molecular complexity index is 479. The lowest BCUT2D eigenvalue weighted by molar-refractivity contribution is -0.0470. The van der Waals surface area contributed by atoms with E-state index < -0.39 is 64.4 Å². The molecule has 14 heteroatoms. The first-order valence-electron chi connectivity index (χ1n) is 6.74. The summed E-state index contributed by atoms with van der Waals surface area (Å²) in [6.07, 6.45) is -3.10. The monoisotopic (exact) mass is 397 g/mol. The molecule has 0 aromatic heterocycles. The highest BCUT2D eigenvalue weighted by Crippen LogP contribution is 2.52. The van der Waals surface area contributed by atoms with Gasteiger partial charge in [0.25, 0.3) is 0 Å². The van der Waals surface area contributed by atoms with Gasteiger partial charge in [0.2, 0.25) is 0 Å². The van der Waals surface area contributed by atoms with Gasteiger partial charge in [0.1, 0.15) is 6.10 Å². The molecule has 0 bridgehead atoms. The number of hydrogen-bond donors (Lipinski definition) is 8. The average Bonchev–Trinajstić information content (AvgIpc) is 2.49. The molecule has 0 aromatic carbocycles. The second-order valence-corrected chi connectivity index (χ2v) is 9.06. The van der Waals surface area contributed by atoms with Gasteiger partial charge < -0.3 is 50.1 Å². The van der Waals surface area contributed by atoms with Crippen molar-refractivity contribution in [2.24, 2.45) is 5.73 Å². The summed E-state index contributed by atoms with van der Waals surface area (Å²) >= 11 is 0. The van der Waals surface area contributed by atoms with Crippen LogP contribution < -0.4 is 5.73 Å². The lowest BCUT2D eigenvalue weighted by atomic mass is 10.1. The van der Waals surface area contributed by atoms with Gasteiger partial charge in [-0.3, -0.25) is 9.13 Å². The minimum Gasteiger partial charge on any atom is -0.394 e. The highest BCUT2D eigenvalue weighted by molar-refractivity contribution is 7.54. The minimum atomic E-state index is -4.98. The van der Waals surface area contributed by atoms with Gasteiger partial charge in [-0.25, -0.2) is 0 Å². The van der Waals surface area contributed by atoms with Crippen LogP contribution in [-0.4, -0.2) is 84.4 Å². The molecule has 146 valence electrons. The van der Waals surface area contributed by atoms with Crippen molar-refractivity contribution in [3.8, 4) is 0 Å². The van der Waals surface area contributed by atoms with Crippen molar-refractivity contribution >= 4 is 15.2 Å². The molecule has 0 heterocycles. The molecule has 0 amide bonds. The molecule has 0 radical (unpaired) electrons. The number of rotatable bonds is 11. The molecule has 0 rings (SSSR count). The predicted octanol–water partition coefficient (Wildman–Crippen LogP) is -2.52. The summed E-state index contributed by atoms with van der Waals surface area (Å²) in [5.41, 5.74) is 4.00. The van der Waals surface area contributed by atoms with Crippen LogP contribution in [0.1, 0.15) is 13.8 Å². The lowest BCUT2D eigenvalue weighted by Crippen LogP contribution is -2.52. The van der Waals surface area contributed by atoms with E-state index >= 15 is 0 Å². The maximum Gasteiger partial charge on any atom is 0.359 e. The summed E-state index contributed by atoms with van der Waals surface area (Å²) in [6.45, 7) is 0.360. The van der Waals surface area contributed by atoms with E-state index in [0.717, 1.165) is 6.92 Å². The Morgan fingerprint density at radius 2 is 1.46 bits per heavy atom. The smallest absolute Gasteiger partial charge is 0.359 e. The van der Waals surface area contributed by atoms with Gasteiger partial charge in [0, 0.05) is 0 Å². The Balaban J connectivity index is 4.85. The molecule has 0 fully saturated rings. The first-order chi connectivity index (χ1) is 10.7. The van der Waals surface area contributed by atoms with Crippen LogP contribution in [0.2, 0.25) is 0 Å². The number of aliphatic hydroxyl groups excluding tert-OH is 4. The fourth-order valence-electron chi connectivity index (χ4n) is 1.42. The van der Waals surface area contributed by atoms with E-state index in [1.807, 2.05) is 0 Å². The Hall–Kier alpha value is 0.0600.